The Morgan fingerprint density at radius 2 is 2.17 bits per heavy atom. The van der Waals surface area contributed by atoms with E-state index < -0.39 is 12.1 Å². The zero-order chi connectivity index (χ0) is 8.97. The van der Waals surface area contributed by atoms with Crippen LogP contribution in [0.4, 0.5) is 0 Å². The number of aliphatic hydroxyl groups excluding tert-OH is 1. The summed E-state index contributed by atoms with van der Waals surface area (Å²) in [5, 5.41) is 9.39. The Hall–Kier alpha value is -0.280. The molecule has 0 spiro atoms. The van der Waals surface area contributed by atoms with Crippen LogP contribution >= 0.6 is 11.6 Å². The molecular formula is C8H13ClO3. The molecule has 12 heavy (non-hydrogen) atoms. The molecule has 1 rings (SSSR count). The van der Waals surface area contributed by atoms with Crippen molar-refractivity contribution in [3.05, 3.63) is 0 Å². The van der Waals surface area contributed by atoms with Crippen LogP contribution in [-0.4, -0.2) is 29.2 Å². The second-order valence-corrected chi connectivity index (χ2v) is 3.28. The predicted octanol–water partition coefficient (Wildman–Crippen LogP) is 1.07. The summed E-state index contributed by atoms with van der Waals surface area (Å²) in [7, 11) is 0. The van der Waals surface area contributed by atoms with Gasteiger partial charge in [0, 0.05) is 0 Å². The van der Waals surface area contributed by atoms with Gasteiger partial charge >= 0.3 is 5.97 Å². The Kier molecular flexibility index (Phi) is 3.82. The molecule has 2 atom stereocenters. The van der Waals surface area contributed by atoms with Crippen LogP contribution in [0.15, 0.2) is 0 Å². The van der Waals surface area contributed by atoms with Gasteiger partial charge in [-0.05, 0) is 19.3 Å². The first-order valence-corrected chi connectivity index (χ1v) is 4.71. The normalized spacial score (nSPS) is 29.8. The van der Waals surface area contributed by atoms with Gasteiger partial charge in [-0.1, -0.05) is 6.42 Å². The lowest BCUT2D eigenvalue weighted by Crippen LogP contribution is -2.34. The van der Waals surface area contributed by atoms with Gasteiger partial charge in [0.25, 0.3) is 0 Å². The van der Waals surface area contributed by atoms with E-state index in [1.54, 1.807) is 0 Å². The summed E-state index contributed by atoms with van der Waals surface area (Å²) < 4.78 is 4.93. The van der Waals surface area contributed by atoms with Crippen molar-refractivity contribution in [1.82, 2.24) is 0 Å². The zero-order valence-corrected chi connectivity index (χ0v) is 7.59. The second-order valence-electron chi connectivity index (χ2n) is 3.01. The maximum Gasteiger partial charge on any atom is 0.321 e. The lowest BCUT2D eigenvalue weighted by Gasteiger charge is -2.26. The van der Waals surface area contributed by atoms with Gasteiger partial charge < -0.3 is 9.84 Å². The fourth-order valence-corrected chi connectivity index (χ4v) is 1.48. The molecule has 1 aliphatic rings. The van der Waals surface area contributed by atoms with Gasteiger partial charge in [-0.3, -0.25) is 4.79 Å². The van der Waals surface area contributed by atoms with E-state index in [0.29, 0.717) is 0 Å². The van der Waals surface area contributed by atoms with Crippen molar-refractivity contribution in [2.45, 2.75) is 37.9 Å². The van der Waals surface area contributed by atoms with Crippen LogP contribution in [0.2, 0.25) is 0 Å². The minimum atomic E-state index is -0.495. The molecule has 1 fully saturated rings. The van der Waals surface area contributed by atoms with Crippen molar-refractivity contribution in [3.63, 3.8) is 0 Å². The fraction of sp³-hybridized carbons (Fsp3) is 0.875. The van der Waals surface area contributed by atoms with Crippen molar-refractivity contribution in [1.29, 1.82) is 0 Å². The third-order valence-corrected chi connectivity index (χ3v) is 2.28. The van der Waals surface area contributed by atoms with Crippen LogP contribution in [0.25, 0.3) is 0 Å². The van der Waals surface area contributed by atoms with Crippen molar-refractivity contribution in [2.24, 2.45) is 0 Å². The molecule has 0 saturated heterocycles. The van der Waals surface area contributed by atoms with E-state index >= 15 is 0 Å². The molecule has 4 heteroatoms. The minimum Gasteiger partial charge on any atom is -0.459 e. The van der Waals surface area contributed by atoms with Gasteiger partial charge in [0.05, 0.1) is 6.10 Å². The Balaban J connectivity index is 2.33. The molecule has 1 aliphatic carbocycles. The number of hydrogen-bond donors (Lipinski definition) is 1. The molecule has 0 aromatic rings. The van der Waals surface area contributed by atoms with Crippen LogP contribution in [0, 0.1) is 0 Å². The lowest BCUT2D eigenvalue weighted by atomic mass is 9.95. The van der Waals surface area contributed by atoms with E-state index in [1.807, 2.05) is 0 Å². The summed E-state index contributed by atoms with van der Waals surface area (Å²) >= 11 is 5.26. The van der Waals surface area contributed by atoms with Gasteiger partial charge in [-0.2, -0.15) is 0 Å². The molecule has 0 bridgehead atoms. The third kappa shape index (κ3) is 2.64. The van der Waals surface area contributed by atoms with E-state index in [9.17, 15) is 9.90 Å². The molecule has 0 aromatic heterocycles. The number of alkyl halides is 1. The summed E-state index contributed by atoms with van der Waals surface area (Å²) in [5.41, 5.74) is 0. The van der Waals surface area contributed by atoms with Crippen molar-refractivity contribution in [3.8, 4) is 0 Å². The molecule has 0 radical (unpaired) electrons. The summed E-state index contributed by atoms with van der Waals surface area (Å²) in [4.78, 5) is 10.8. The quantitative estimate of drug-likeness (QED) is 0.526. The Morgan fingerprint density at radius 3 is 2.75 bits per heavy atom. The number of carbonyl (C=O) groups is 1. The number of carbonyl (C=O) groups excluding carboxylic acids is 1. The van der Waals surface area contributed by atoms with Gasteiger partial charge in [0.1, 0.15) is 12.0 Å². The number of halogens is 1. The highest BCUT2D eigenvalue weighted by Crippen LogP contribution is 2.21. The number of rotatable bonds is 2. The molecule has 0 aliphatic heterocycles. The first-order chi connectivity index (χ1) is 5.74. The van der Waals surface area contributed by atoms with Crippen LogP contribution in [0.3, 0.4) is 0 Å². The summed E-state index contributed by atoms with van der Waals surface area (Å²) in [6.07, 6.45) is 2.67. The number of hydrogen-bond acceptors (Lipinski definition) is 3. The highest BCUT2D eigenvalue weighted by molar-refractivity contribution is 6.26. The average Bonchev–Trinajstić information content (AvgIpc) is 2.09. The topological polar surface area (TPSA) is 46.5 Å². The number of aliphatic hydroxyl groups is 1. The molecule has 1 saturated carbocycles. The highest BCUT2D eigenvalue weighted by atomic mass is 35.5. The first-order valence-electron chi connectivity index (χ1n) is 4.17. The lowest BCUT2D eigenvalue weighted by molar-refractivity contribution is -0.154. The minimum absolute atomic E-state index is 0.136. The largest absolute Gasteiger partial charge is 0.459 e. The highest BCUT2D eigenvalue weighted by Gasteiger charge is 2.25. The number of esters is 1. The van der Waals surface area contributed by atoms with Gasteiger partial charge in [0.2, 0.25) is 0 Å². The zero-order valence-electron chi connectivity index (χ0n) is 6.83. The van der Waals surface area contributed by atoms with Gasteiger partial charge in [-0.15, -0.1) is 11.6 Å². The molecule has 0 unspecified atom stereocenters. The second kappa shape index (κ2) is 4.67. The molecular weight excluding hydrogens is 180 g/mol. The van der Waals surface area contributed by atoms with E-state index in [-0.39, 0.29) is 12.0 Å². The average molecular weight is 193 g/mol. The summed E-state index contributed by atoms with van der Waals surface area (Å²) in [5.74, 6) is -0.578. The smallest absolute Gasteiger partial charge is 0.321 e. The van der Waals surface area contributed by atoms with E-state index in [4.69, 9.17) is 16.3 Å². The third-order valence-electron chi connectivity index (χ3n) is 2.06. The van der Waals surface area contributed by atoms with Gasteiger partial charge in [0.15, 0.2) is 0 Å². The Bertz CT molecular complexity index is 160. The van der Waals surface area contributed by atoms with E-state index in [2.05, 4.69) is 0 Å². The van der Waals surface area contributed by atoms with Crippen molar-refractivity contribution < 1.29 is 14.6 Å². The SMILES string of the molecule is O=C(CCl)O[C@@H]1CCCC[C@@H]1O. The van der Waals surface area contributed by atoms with E-state index in [0.717, 1.165) is 25.7 Å². The van der Waals surface area contributed by atoms with Crippen LogP contribution < -0.4 is 0 Å². The maximum absolute atomic E-state index is 10.8. The maximum atomic E-state index is 10.8. The molecule has 70 valence electrons. The van der Waals surface area contributed by atoms with Crippen molar-refractivity contribution in [2.75, 3.05) is 5.88 Å². The van der Waals surface area contributed by atoms with Crippen molar-refractivity contribution >= 4 is 17.6 Å². The van der Waals surface area contributed by atoms with E-state index in [1.165, 1.54) is 0 Å². The first kappa shape index (κ1) is 9.81. The summed E-state index contributed by atoms with van der Waals surface area (Å²) in [6.45, 7) is 0. The predicted molar refractivity (Wildman–Crippen MR) is 45.1 cm³/mol. The molecule has 0 aromatic carbocycles. The molecule has 3 nitrogen and oxygen atoms in total. The molecule has 0 heterocycles. The Labute approximate surface area is 76.7 Å². The molecule has 1 N–H and O–H groups in total. The standard InChI is InChI=1S/C8H13ClO3/c9-5-8(11)12-7-4-2-1-3-6(7)10/h6-7,10H,1-5H2/t6-,7+/m0/s1. The van der Waals surface area contributed by atoms with Crippen LogP contribution in [0.1, 0.15) is 25.7 Å². The Morgan fingerprint density at radius 1 is 1.50 bits per heavy atom. The van der Waals surface area contributed by atoms with Crippen LogP contribution in [-0.2, 0) is 9.53 Å². The van der Waals surface area contributed by atoms with Crippen LogP contribution in [0.5, 0.6) is 0 Å². The van der Waals surface area contributed by atoms with Gasteiger partial charge in [-0.25, -0.2) is 0 Å². The summed E-state index contributed by atoms with van der Waals surface area (Å²) in [6, 6.07) is 0. The monoisotopic (exact) mass is 192 g/mol. The fourth-order valence-electron chi connectivity index (χ4n) is 1.42. The molecule has 0 amide bonds. The number of ether oxygens (including phenoxy) is 1.